The maximum atomic E-state index is 3.27. The Morgan fingerprint density at radius 1 is 0.102 bits per heavy atom. The lowest BCUT2D eigenvalue weighted by molar-refractivity contribution is 1.46. The van der Waals surface area contributed by atoms with E-state index < -0.39 is 0 Å². The average Bonchev–Trinajstić information content (AvgIpc) is 3.70. The zero-order valence-electron chi connectivity index (χ0n) is 48.4. The minimum Gasteiger partial charge on any atom is -0.0617 e. The summed E-state index contributed by atoms with van der Waals surface area (Å²) in [6.45, 7) is 4.15. The first kappa shape index (κ1) is 56.9. The van der Waals surface area contributed by atoms with Crippen LogP contribution in [0.3, 0.4) is 0 Å². The maximum Gasteiger partial charge on any atom is 0.0249 e. The van der Waals surface area contributed by atoms with Crippen LogP contribution in [0.25, 0.3) is 0 Å². The summed E-state index contributed by atoms with van der Waals surface area (Å²) in [5.74, 6) is 65.1. The van der Waals surface area contributed by atoms with E-state index in [1.807, 2.05) is 243 Å². The van der Waals surface area contributed by atoms with E-state index in [1.165, 1.54) is 11.1 Å². The second-order valence-electron chi connectivity index (χ2n) is 20.4. The Labute approximate surface area is 518 Å². The van der Waals surface area contributed by atoms with Gasteiger partial charge in [0.15, 0.2) is 0 Å². The van der Waals surface area contributed by atoms with E-state index in [-0.39, 0.29) is 0 Å². The van der Waals surface area contributed by atoms with Crippen molar-refractivity contribution < 1.29 is 0 Å². The van der Waals surface area contributed by atoms with Gasteiger partial charge in [0.2, 0.25) is 0 Å². The van der Waals surface area contributed by atoms with Crippen LogP contribution >= 0.6 is 0 Å². The Kier molecular flexibility index (Phi) is 18.6. The van der Waals surface area contributed by atoms with Gasteiger partial charge in [-0.15, -0.1) is 0 Å². The predicted octanol–water partition coefficient (Wildman–Crippen LogP) is 16.3. The van der Waals surface area contributed by atoms with Crippen molar-refractivity contribution in [1.82, 2.24) is 0 Å². The molecule has 0 unspecified atom stereocenters. The molecule has 0 N–H and O–H groups in total. The highest BCUT2D eigenvalue weighted by Gasteiger charge is 1.99. The van der Waals surface area contributed by atoms with E-state index in [4.69, 9.17) is 0 Å². The zero-order chi connectivity index (χ0) is 60.0. The van der Waals surface area contributed by atoms with E-state index in [0.717, 1.165) is 111 Å². The van der Waals surface area contributed by atoms with E-state index in [1.54, 1.807) is 0 Å². The second kappa shape index (κ2) is 28.8. The summed E-state index contributed by atoms with van der Waals surface area (Å²) in [6.07, 6.45) is 0. The highest BCUT2D eigenvalue weighted by Crippen LogP contribution is 2.13. The van der Waals surface area contributed by atoms with Gasteiger partial charge in [-0.25, -0.2) is 0 Å². The predicted molar refractivity (Wildman–Crippen MR) is 360 cm³/mol. The molecule has 0 heteroatoms. The Bertz CT molecular complexity index is 4670. The molecule has 0 fully saturated rings. The van der Waals surface area contributed by atoms with E-state index >= 15 is 0 Å². The van der Waals surface area contributed by atoms with Crippen molar-refractivity contribution in [1.29, 1.82) is 0 Å². The lowest BCUT2D eigenvalue weighted by Crippen LogP contribution is -1.82. The largest absolute Gasteiger partial charge is 0.0617 e. The summed E-state index contributed by atoms with van der Waals surface area (Å²) in [5.41, 5.74) is 21.1. The minimum atomic E-state index is 0.912. The molecule has 0 atom stereocenters. The number of hydrogen-bond acceptors (Lipinski definition) is 0. The minimum absolute atomic E-state index is 0.912. The van der Waals surface area contributed by atoms with Gasteiger partial charge in [0.1, 0.15) is 0 Å². The Balaban J connectivity index is 0.602. The molecule has 11 aromatic carbocycles. The fourth-order valence-electron chi connectivity index (χ4n) is 8.45. The first-order valence-electron chi connectivity index (χ1n) is 28.5. The Morgan fingerprint density at radius 2 is 0.159 bits per heavy atom. The van der Waals surface area contributed by atoms with Crippen LogP contribution in [-0.2, 0) is 0 Å². The highest BCUT2D eigenvalue weighted by atomic mass is 14.0. The number of rotatable bonds is 0. The third-order valence-corrected chi connectivity index (χ3v) is 13.6. The first-order valence-corrected chi connectivity index (χ1v) is 28.5. The van der Waals surface area contributed by atoms with Crippen LogP contribution in [0, 0.1) is 132 Å². The molecular weight excluding hydrogens is 1060 g/mol. The molecule has 0 spiro atoms. The van der Waals surface area contributed by atoms with Gasteiger partial charge in [0.25, 0.3) is 0 Å². The number of hydrogen-bond donors (Lipinski definition) is 0. The second-order valence-corrected chi connectivity index (χ2v) is 20.4. The summed E-state index contributed by atoms with van der Waals surface area (Å²) >= 11 is 0. The SMILES string of the molecule is Cc1ccc(C#Cc2ccc(C#Cc3ccc(C#Cc4ccc(C#Cc5ccc(C#Cc6ccc(C#Cc7ccc(C#Cc8ccc(C#Cc9ccc(C#Cc%10ccc(C#Cc%11ccc(C)cc%11)cc%10)cc9)cc8)cc7)cc6)cc5)cc4)cc3)cc2)cc1. The third kappa shape index (κ3) is 17.5. The van der Waals surface area contributed by atoms with Crippen molar-refractivity contribution in [3.8, 4) is 118 Å². The van der Waals surface area contributed by atoms with Gasteiger partial charge in [-0.05, 0) is 257 Å². The van der Waals surface area contributed by atoms with E-state index in [2.05, 4.69) is 157 Å². The van der Waals surface area contributed by atoms with Crippen LogP contribution in [0.15, 0.2) is 267 Å². The van der Waals surface area contributed by atoms with Crippen LogP contribution < -0.4 is 0 Å². The molecule has 0 nitrogen and oxygen atoms in total. The van der Waals surface area contributed by atoms with Crippen LogP contribution in [0.4, 0.5) is 0 Å². The zero-order valence-corrected chi connectivity index (χ0v) is 48.4. The first-order chi connectivity index (χ1) is 43.3. The number of aryl methyl sites for hydroxylation is 2. The molecule has 0 heterocycles. The molecule has 0 aliphatic carbocycles. The average molecular weight is 1110 g/mol. The number of benzene rings is 11. The van der Waals surface area contributed by atoms with Gasteiger partial charge in [-0.1, -0.05) is 154 Å². The van der Waals surface area contributed by atoms with Crippen molar-refractivity contribution in [3.63, 3.8) is 0 Å². The molecule has 0 saturated heterocycles. The standard InChI is InChI=1S/C88H50/c1-67-3-7-69(8-4-67)11-13-71-15-19-73(20-16-71)23-25-75-27-31-77(32-28-75)35-37-79-39-43-81(44-40-79)47-49-83-51-55-85(56-52-83)59-61-87-63-65-88(66-64-87)62-60-86-57-53-84(54-58-86)50-48-82-45-41-80(42-46-82)38-36-78-33-29-76(30-34-78)26-24-74-21-17-72(18-22-74)14-12-70-9-5-68(2)6-10-70/h3-10,15-22,27-34,39-46,51-58,63-66H,1-2H3. The van der Waals surface area contributed by atoms with E-state index in [9.17, 15) is 0 Å². The topological polar surface area (TPSA) is 0 Å². The molecule has 11 rings (SSSR count). The Morgan fingerprint density at radius 3 is 0.227 bits per heavy atom. The lowest BCUT2D eigenvalue weighted by atomic mass is 10.1. The highest BCUT2D eigenvalue weighted by molar-refractivity contribution is 5.56. The van der Waals surface area contributed by atoms with Crippen molar-refractivity contribution in [3.05, 3.63) is 389 Å². The molecule has 11 aromatic rings. The molecular formula is C88H50. The summed E-state index contributed by atoms with van der Waals surface area (Å²) in [6, 6.07) is 88.4. The normalized spacial score (nSPS) is 9.48. The summed E-state index contributed by atoms with van der Waals surface area (Å²) in [4.78, 5) is 0. The van der Waals surface area contributed by atoms with E-state index in [0.29, 0.717) is 0 Å². The molecule has 0 amide bonds. The quantitative estimate of drug-likeness (QED) is 0.133. The molecule has 0 aliphatic heterocycles. The van der Waals surface area contributed by atoms with Gasteiger partial charge >= 0.3 is 0 Å². The van der Waals surface area contributed by atoms with Gasteiger partial charge in [0.05, 0.1) is 0 Å². The van der Waals surface area contributed by atoms with Gasteiger partial charge < -0.3 is 0 Å². The monoisotopic (exact) mass is 1110 g/mol. The summed E-state index contributed by atoms with van der Waals surface area (Å²) in [5, 5.41) is 0. The van der Waals surface area contributed by atoms with Crippen molar-refractivity contribution >= 4 is 0 Å². The Hall–Kier alpha value is -13.0. The lowest BCUT2D eigenvalue weighted by Gasteiger charge is -1.95. The summed E-state index contributed by atoms with van der Waals surface area (Å²) in [7, 11) is 0. The third-order valence-electron chi connectivity index (χ3n) is 13.6. The van der Waals surface area contributed by atoms with Gasteiger partial charge in [0, 0.05) is 111 Å². The molecule has 0 radical (unpaired) electrons. The van der Waals surface area contributed by atoms with Crippen molar-refractivity contribution in [2.24, 2.45) is 0 Å². The fourth-order valence-corrected chi connectivity index (χ4v) is 8.45. The molecule has 88 heavy (non-hydrogen) atoms. The van der Waals surface area contributed by atoms with Gasteiger partial charge in [-0.3, -0.25) is 0 Å². The smallest absolute Gasteiger partial charge is 0.0249 e. The molecule has 402 valence electrons. The maximum absolute atomic E-state index is 3.27. The van der Waals surface area contributed by atoms with Crippen LogP contribution in [0.5, 0.6) is 0 Å². The van der Waals surface area contributed by atoms with Crippen molar-refractivity contribution in [2.75, 3.05) is 0 Å². The molecule has 0 saturated carbocycles. The molecule has 0 aromatic heterocycles. The van der Waals surface area contributed by atoms with Crippen LogP contribution in [0.2, 0.25) is 0 Å². The van der Waals surface area contributed by atoms with Gasteiger partial charge in [-0.2, -0.15) is 0 Å². The molecule has 0 aliphatic rings. The van der Waals surface area contributed by atoms with Crippen LogP contribution in [-0.4, -0.2) is 0 Å². The van der Waals surface area contributed by atoms with Crippen molar-refractivity contribution in [2.45, 2.75) is 13.8 Å². The fraction of sp³-hybridized carbons (Fsp3) is 0.0227. The summed E-state index contributed by atoms with van der Waals surface area (Å²) < 4.78 is 0. The van der Waals surface area contributed by atoms with Crippen LogP contribution in [0.1, 0.15) is 122 Å². The molecule has 0 bridgehead atoms.